The van der Waals surface area contributed by atoms with Gasteiger partial charge in [0.05, 0.1) is 24.9 Å². The Balaban J connectivity index is 2.23. The van der Waals surface area contributed by atoms with Gasteiger partial charge in [0, 0.05) is 12.1 Å². The van der Waals surface area contributed by atoms with E-state index in [2.05, 4.69) is 5.32 Å². The molecule has 1 unspecified atom stereocenters. The summed E-state index contributed by atoms with van der Waals surface area (Å²) >= 11 is 6.19. The molecule has 2 aromatic carbocycles. The monoisotopic (exact) mass is 307 g/mol. The first-order valence-corrected chi connectivity index (χ1v) is 6.90. The highest BCUT2D eigenvalue weighted by molar-refractivity contribution is 6.33. The summed E-state index contributed by atoms with van der Waals surface area (Å²) < 4.78 is 10.3. The van der Waals surface area contributed by atoms with Crippen molar-refractivity contribution < 1.29 is 14.6 Å². The highest BCUT2D eigenvalue weighted by Gasteiger charge is 2.11. The van der Waals surface area contributed by atoms with Gasteiger partial charge in [-0.3, -0.25) is 0 Å². The summed E-state index contributed by atoms with van der Waals surface area (Å²) in [5.41, 5.74) is 1.76. The minimum absolute atomic E-state index is 0.0101. The van der Waals surface area contributed by atoms with Crippen LogP contribution >= 0.6 is 11.6 Å². The molecule has 2 N–H and O–H groups in total. The molecule has 0 aliphatic heterocycles. The van der Waals surface area contributed by atoms with Gasteiger partial charge >= 0.3 is 0 Å². The molecule has 0 amide bonds. The molecule has 1 atom stereocenters. The molecular formula is C16H18ClNO3. The number of nitrogens with one attached hydrogen (secondary N) is 1. The van der Waals surface area contributed by atoms with Crippen LogP contribution < -0.4 is 14.8 Å². The first-order chi connectivity index (χ1) is 10.0. The van der Waals surface area contributed by atoms with Crippen molar-refractivity contribution >= 4 is 17.3 Å². The van der Waals surface area contributed by atoms with Crippen LogP contribution in [0.4, 0.5) is 5.69 Å². The second-order valence-electron chi connectivity index (χ2n) is 4.64. The molecular weight excluding hydrogens is 290 g/mol. The van der Waals surface area contributed by atoms with E-state index in [4.69, 9.17) is 21.1 Å². The number of aromatic hydroxyl groups is 1. The van der Waals surface area contributed by atoms with E-state index in [9.17, 15) is 5.11 Å². The van der Waals surface area contributed by atoms with Crippen LogP contribution in [0.25, 0.3) is 0 Å². The molecule has 112 valence electrons. The van der Waals surface area contributed by atoms with Gasteiger partial charge in [-0.1, -0.05) is 17.7 Å². The van der Waals surface area contributed by atoms with E-state index in [0.29, 0.717) is 10.8 Å². The van der Waals surface area contributed by atoms with E-state index >= 15 is 0 Å². The smallest absolute Gasteiger partial charge is 0.160 e. The highest BCUT2D eigenvalue weighted by atomic mass is 35.5. The van der Waals surface area contributed by atoms with Crippen molar-refractivity contribution in [2.45, 2.75) is 13.0 Å². The standard InChI is InChI=1S/C16H18ClNO3/c1-10(11-4-7-15(19)16(8-11)21-3)18-14-9-12(20-2)5-6-13(14)17/h4-10,18-19H,1-3H3. The zero-order valence-electron chi connectivity index (χ0n) is 12.2. The minimum atomic E-state index is -0.0101. The summed E-state index contributed by atoms with van der Waals surface area (Å²) in [6.07, 6.45) is 0. The first-order valence-electron chi connectivity index (χ1n) is 6.52. The van der Waals surface area contributed by atoms with Crippen LogP contribution in [0.15, 0.2) is 36.4 Å². The molecule has 0 heterocycles. The Morgan fingerprint density at radius 1 is 1.10 bits per heavy atom. The van der Waals surface area contributed by atoms with E-state index in [1.165, 1.54) is 7.11 Å². The number of rotatable bonds is 5. The number of ether oxygens (including phenoxy) is 2. The third kappa shape index (κ3) is 3.52. The molecule has 0 aliphatic rings. The zero-order chi connectivity index (χ0) is 15.4. The normalized spacial score (nSPS) is 11.8. The largest absolute Gasteiger partial charge is 0.504 e. The molecule has 0 radical (unpaired) electrons. The summed E-state index contributed by atoms with van der Waals surface area (Å²) in [4.78, 5) is 0. The van der Waals surface area contributed by atoms with Crippen molar-refractivity contribution in [2.24, 2.45) is 0 Å². The van der Waals surface area contributed by atoms with Crippen LogP contribution in [-0.4, -0.2) is 19.3 Å². The van der Waals surface area contributed by atoms with Gasteiger partial charge in [0.2, 0.25) is 0 Å². The minimum Gasteiger partial charge on any atom is -0.504 e. The summed E-state index contributed by atoms with van der Waals surface area (Å²) in [6, 6.07) is 10.7. The van der Waals surface area contributed by atoms with Crippen molar-refractivity contribution in [3.05, 3.63) is 47.0 Å². The molecule has 21 heavy (non-hydrogen) atoms. The number of phenols is 1. The lowest BCUT2D eigenvalue weighted by molar-refractivity contribution is 0.373. The topological polar surface area (TPSA) is 50.7 Å². The lowest BCUT2D eigenvalue weighted by atomic mass is 10.1. The van der Waals surface area contributed by atoms with Crippen molar-refractivity contribution in [3.63, 3.8) is 0 Å². The van der Waals surface area contributed by atoms with E-state index in [-0.39, 0.29) is 11.8 Å². The van der Waals surface area contributed by atoms with Crippen LogP contribution in [0.2, 0.25) is 5.02 Å². The van der Waals surface area contributed by atoms with Crippen molar-refractivity contribution in [3.8, 4) is 17.2 Å². The van der Waals surface area contributed by atoms with E-state index in [0.717, 1.165) is 17.0 Å². The molecule has 4 nitrogen and oxygen atoms in total. The second-order valence-corrected chi connectivity index (χ2v) is 5.05. The Kier molecular flexibility index (Phi) is 4.81. The van der Waals surface area contributed by atoms with Crippen LogP contribution in [0, 0.1) is 0 Å². The zero-order valence-corrected chi connectivity index (χ0v) is 12.9. The third-order valence-corrected chi connectivity index (χ3v) is 3.58. The Labute approximate surface area is 129 Å². The van der Waals surface area contributed by atoms with Crippen molar-refractivity contribution in [1.82, 2.24) is 0 Å². The molecule has 0 saturated carbocycles. The second kappa shape index (κ2) is 6.59. The molecule has 0 aliphatic carbocycles. The van der Waals surface area contributed by atoms with Gasteiger partial charge in [-0.05, 0) is 36.8 Å². The molecule has 0 fully saturated rings. The fraction of sp³-hybridized carbons (Fsp3) is 0.250. The predicted molar refractivity (Wildman–Crippen MR) is 84.7 cm³/mol. The average Bonchev–Trinajstić information content (AvgIpc) is 2.49. The van der Waals surface area contributed by atoms with Gasteiger partial charge in [0.25, 0.3) is 0 Å². The van der Waals surface area contributed by atoms with Gasteiger partial charge in [0.15, 0.2) is 11.5 Å². The maximum Gasteiger partial charge on any atom is 0.160 e. The summed E-state index contributed by atoms with van der Waals surface area (Å²) in [5, 5.41) is 13.6. The van der Waals surface area contributed by atoms with Crippen LogP contribution in [-0.2, 0) is 0 Å². The maximum absolute atomic E-state index is 9.64. The molecule has 0 saturated heterocycles. The number of hydrogen-bond donors (Lipinski definition) is 2. The third-order valence-electron chi connectivity index (χ3n) is 3.25. The fourth-order valence-electron chi connectivity index (χ4n) is 2.02. The number of benzene rings is 2. The molecule has 5 heteroatoms. The summed E-state index contributed by atoms with van der Waals surface area (Å²) in [6.45, 7) is 2.00. The van der Waals surface area contributed by atoms with Crippen molar-refractivity contribution in [1.29, 1.82) is 0 Å². The van der Waals surface area contributed by atoms with Gasteiger partial charge in [0.1, 0.15) is 5.75 Å². The molecule has 0 bridgehead atoms. The van der Waals surface area contributed by atoms with Gasteiger partial charge in [-0.15, -0.1) is 0 Å². The number of methoxy groups -OCH3 is 2. The summed E-state index contributed by atoms with van der Waals surface area (Å²) in [5.74, 6) is 1.29. The van der Waals surface area contributed by atoms with Crippen LogP contribution in [0.3, 0.4) is 0 Å². The Hall–Kier alpha value is -2.07. The number of phenolic OH excluding ortho intramolecular Hbond substituents is 1. The Morgan fingerprint density at radius 3 is 2.52 bits per heavy atom. The number of halogens is 1. The first kappa shape index (κ1) is 15.3. The highest BCUT2D eigenvalue weighted by Crippen LogP contribution is 2.33. The maximum atomic E-state index is 9.64. The van der Waals surface area contributed by atoms with Crippen LogP contribution in [0.1, 0.15) is 18.5 Å². The molecule has 2 rings (SSSR count). The summed E-state index contributed by atoms with van der Waals surface area (Å²) in [7, 11) is 3.14. The fourth-order valence-corrected chi connectivity index (χ4v) is 2.19. The average molecular weight is 308 g/mol. The Bertz CT molecular complexity index is 631. The SMILES string of the molecule is COc1ccc(Cl)c(NC(C)c2ccc(O)c(OC)c2)c1. The van der Waals surface area contributed by atoms with E-state index < -0.39 is 0 Å². The van der Waals surface area contributed by atoms with E-state index in [1.54, 1.807) is 25.3 Å². The van der Waals surface area contributed by atoms with Gasteiger partial charge in [-0.25, -0.2) is 0 Å². The lowest BCUT2D eigenvalue weighted by Crippen LogP contribution is -2.07. The van der Waals surface area contributed by atoms with Gasteiger partial charge in [-0.2, -0.15) is 0 Å². The predicted octanol–water partition coefficient (Wildman–Crippen LogP) is 4.24. The number of anilines is 1. The lowest BCUT2D eigenvalue weighted by Gasteiger charge is -2.18. The van der Waals surface area contributed by atoms with Crippen molar-refractivity contribution in [2.75, 3.05) is 19.5 Å². The van der Waals surface area contributed by atoms with Gasteiger partial charge < -0.3 is 19.9 Å². The Morgan fingerprint density at radius 2 is 1.86 bits per heavy atom. The molecule has 0 aromatic heterocycles. The number of hydrogen-bond acceptors (Lipinski definition) is 4. The van der Waals surface area contributed by atoms with E-state index in [1.807, 2.05) is 25.1 Å². The van der Waals surface area contributed by atoms with Crippen LogP contribution in [0.5, 0.6) is 17.2 Å². The molecule has 0 spiro atoms. The molecule has 2 aromatic rings. The quantitative estimate of drug-likeness (QED) is 0.867.